The number of carbonyl (C=O) groups is 1. The van der Waals surface area contributed by atoms with Crippen molar-refractivity contribution in [3.05, 3.63) is 12.2 Å². The summed E-state index contributed by atoms with van der Waals surface area (Å²) in [6.45, 7) is 10.2. The van der Waals surface area contributed by atoms with Crippen LogP contribution in [0.5, 0.6) is 0 Å². The highest BCUT2D eigenvalue weighted by molar-refractivity contribution is 7.80. The maximum absolute atomic E-state index is 11.1. The molecule has 0 aromatic rings. The summed E-state index contributed by atoms with van der Waals surface area (Å²) in [6.07, 6.45) is 0. The summed E-state index contributed by atoms with van der Waals surface area (Å²) in [5, 5.41) is 2.82. The molecule has 0 aromatic carbocycles. The molecule has 19 heavy (non-hydrogen) atoms. The van der Waals surface area contributed by atoms with Crippen molar-refractivity contribution < 1.29 is 26.4 Å². The smallest absolute Gasteiger partial charge is 0.246 e. The van der Waals surface area contributed by atoms with Crippen LogP contribution in [0.1, 0.15) is 13.8 Å². The van der Waals surface area contributed by atoms with Crippen LogP contribution in [0.25, 0.3) is 0 Å². The van der Waals surface area contributed by atoms with E-state index < -0.39 is 10.4 Å². The predicted octanol–water partition coefficient (Wildman–Crippen LogP) is -0.132. The van der Waals surface area contributed by atoms with Gasteiger partial charge in [0, 0.05) is 5.57 Å². The third-order valence-corrected chi connectivity index (χ3v) is 2.86. The fraction of sp³-hybridized carbons (Fsp3) is 0.727. The molecule has 0 aromatic heterocycles. The van der Waals surface area contributed by atoms with Gasteiger partial charge >= 0.3 is 0 Å². The van der Waals surface area contributed by atoms with E-state index in [1.165, 1.54) is 0 Å². The molecule has 0 saturated heterocycles. The van der Waals surface area contributed by atoms with E-state index in [2.05, 4.69) is 37.1 Å². The Balaban J connectivity index is 0. The minimum absolute atomic E-state index is 0.0453. The molecule has 7 nitrogen and oxygen atoms in total. The van der Waals surface area contributed by atoms with Crippen molar-refractivity contribution in [1.29, 1.82) is 0 Å². The monoisotopic (exact) mass is 296 g/mol. The molecule has 0 aliphatic carbocycles. The van der Waals surface area contributed by atoms with E-state index >= 15 is 0 Å². The molecular weight excluding hydrogens is 272 g/mol. The Morgan fingerprint density at radius 1 is 1.42 bits per heavy atom. The Morgan fingerprint density at radius 3 is 2.11 bits per heavy atom. The minimum atomic E-state index is -4.41. The molecular formula is C11H24N2O5S. The molecule has 1 amide bonds. The van der Waals surface area contributed by atoms with Gasteiger partial charge in [-0.25, -0.2) is 8.42 Å². The average molecular weight is 296 g/mol. The summed E-state index contributed by atoms with van der Waals surface area (Å²) in [5.74, 6) is -0.0453. The van der Waals surface area contributed by atoms with E-state index in [4.69, 9.17) is 0 Å². The second-order valence-electron chi connectivity index (χ2n) is 4.59. The highest BCUT2D eigenvalue weighted by Gasteiger charge is 2.11. The Hall–Kier alpha value is -0.960. The normalized spacial score (nSPS) is 11.3. The molecule has 8 heteroatoms. The highest BCUT2D eigenvalue weighted by atomic mass is 32.3. The van der Waals surface area contributed by atoms with Crippen LogP contribution >= 0.6 is 0 Å². The van der Waals surface area contributed by atoms with Crippen molar-refractivity contribution in [1.82, 2.24) is 5.32 Å². The lowest BCUT2D eigenvalue weighted by Crippen LogP contribution is -2.45. The molecule has 0 radical (unpaired) electrons. The Bertz CT molecular complexity index is 390. The number of carbonyl (C=O) groups excluding carboxylic acids is 1. The van der Waals surface area contributed by atoms with E-state index in [1.54, 1.807) is 6.92 Å². The van der Waals surface area contributed by atoms with Crippen LogP contribution in [0.15, 0.2) is 12.2 Å². The van der Waals surface area contributed by atoms with Crippen molar-refractivity contribution in [2.45, 2.75) is 13.8 Å². The van der Waals surface area contributed by atoms with Crippen LogP contribution < -0.4 is 5.32 Å². The summed E-state index contributed by atoms with van der Waals surface area (Å²) in [6, 6.07) is 0. The first-order valence-electron chi connectivity index (χ1n) is 5.72. The minimum Gasteiger partial charge on any atom is -0.726 e. The molecule has 1 N–H and O–H groups in total. The average Bonchev–Trinajstić information content (AvgIpc) is 2.28. The van der Waals surface area contributed by atoms with Crippen molar-refractivity contribution in [3.8, 4) is 0 Å². The molecule has 0 aliphatic heterocycles. The molecule has 0 aliphatic rings. The van der Waals surface area contributed by atoms with Crippen molar-refractivity contribution in [3.63, 3.8) is 0 Å². The van der Waals surface area contributed by atoms with Crippen LogP contribution in [-0.2, 0) is 19.4 Å². The van der Waals surface area contributed by atoms with E-state index in [1.807, 2.05) is 0 Å². The van der Waals surface area contributed by atoms with Gasteiger partial charge in [-0.15, -0.1) is 0 Å². The lowest BCUT2D eigenvalue weighted by atomic mass is 10.3. The van der Waals surface area contributed by atoms with Gasteiger partial charge in [-0.05, 0) is 13.8 Å². The van der Waals surface area contributed by atoms with Gasteiger partial charge in [0.05, 0.1) is 40.8 Å². The number of nitrogens with zero attached hydrogens (tertiary/aromatic N) is 1. The molecule has 0 atom stereocenters. The fourth-order valence-electron chi connectivity index (χ4n) is 0.781. The molecule has 0 unspecified atom stereocenters. The third-order valence-electron chi connectivity index (χ3n) is 2.45. The number of nitrogens with one attached hydrogen (secondary N) is 1. The quantitative estimate of drug-likeness (QED) is 0.319. The molecule has 0 saturated carbocycles. The molecule has 0 fully saturated rings. The Morgan fingerprint density at radius 2 is 1.84 bits per heavy atom. The first-order chi connectivity index (χ1) is 8.45. The molecule has 0 rings (SSSR count). The van der Waals surface area contributed by atoms with E-state index in [9.17, 15) is 17.8 Å². The van der Waals surface area contributed by atoms with Crippen LogP contribution in [0.2, 0.25) is 0 Å². The van der Waals surface area contributed by atoms with Crippen molar-refractivity contribution in [2.24, 2.45) is 0 Å². The predicted molar refractivity (Wildman–Crippen MR) is 72.0 cm³/mol. The molecule has 114 valence electrons. The molecule has 0 spiro atoms. The maximum atomic E-state index is 11.1. The molecule has 0 heterocycles. The van der Waals surface area contributed by atoms with Gasteiger partial charge in [0.2, 0.25) is 16.3 Å². The maximum Gasteiger partial charge on any atom is 0.246 e. The standard InChI is InChI=1S/C10H20N2O.CH4O4S/c1-6-12(4,5)8-7-11-10(13)9(2)3;1-5-6(2,3)4/h2,6-8H2,1,3-5H3;1H3,(H,2,3,4). The first kappa shape index (κ1) is 20.4. The highest BCUT2D eigenvalue weighted by Crippen LogP contribution is 1.93. The van der Waals surface area contributed by atoms with Crippen molar-refractivity contribution in [2.75, 3.05) is 40.8 Å². The second kappa shape index (κ2) is 9.03. The SMILES string of the molecule is C=C(C)C(=O)NCC[N+](C)(C)CC.COS(=O)(=O)[O-]. The zero-order chi connectivity index (χ0) is 15.7. The largest absolute Gasteiger partial charge is 0.726 e. The van der Waals surface area contributed by atoms with Crippen LogP contribution in [0, 0.1) is 0 Å². The number of hydrogen-bond donors (Lipinski definition) is 1. The number of quaternary nitrogens is 1. The number of hydrogen-bond acceptors (Lipinski definition) is 5. The van der Waals surface area contributed by atoms with Gasteiger partial charge in [-0.1, -0.05) is 6.58 Å². The van der Waals surface area contributed by atoms with Gasteiger partial charge in [0.15, 0.2) is 0 Å². The van der Waals surface area contributed by atoms with E-state index in [0.29, 0.717) is 12.1 Å². The zero-order valence-corrected chi connectivity index (χ0v) is 13.0. The first-order valence-corrected chi connectivity index (χ1v) is 7.05. The van der Waals surface area contributed by atoms with Crippen LogP contribution in [0.4, 0.5) is 0 Å². The van der Waals surface area contributed by atoms with E-state index in [-0.39, 0.29) is 5.91 Å². The molecule has 0 bridgehead atoms. The second-order valence-corrected chi connectivity index (χ2v) is 5.74. The summed E-state index contributed by atoms with van der Waals surface area (Å²) >= 11 is 0. The lowest BCUT2D eigenvalue weighted by Gasteiger charge is -2.28. The number of likely N-dealkylation sites (N-methyl/N-ethyl adjacent to an activating group) is 1. The summed E-state index contributed by atoms with van der Waals surface area (Å²) in [4.78, 5) is 11.1. The van der Waals surface area contributed by atoms with E-state index in [0.717, 1.165) is 24.7 Å². The summed E-state index contributed by atoms with van der Waals surface area (Å²) in [7, 11) is 0.687. The van der Waals surface area contributed by atoms with Gasteiger partial charge in [0.1, 0.15) is 0 Å². The van der Waals surface area contributed by atoms with Crippen molar-refractivity contribution >= 4 is 16.3 Å². The fourth-order valence-corrected chi connectivity index (χ4v) is 0.781. The zero-order valence-electron chi connectivity index (χ0n) is 12.2. The number of amides is 1. The van der Waals surface area contributed by atoms with Gasteiger partial charge in [-0.3, -0.25) is 8.98 Å². The third kappa shape index (κ3) is 15.0. The van der Waals surface area contributed by atoms with Crippen LogP contribution in [0.3, 0.4) is 0 Å². The summed E-state index contributed by atoms with van der Waals surface area (Å²) in [5.41, 5.74) is 0.571. The van der Waals surface area contributed by atoms with Gasteiger partial charge < -0.3 is 14.4 Å². The Labute approximate surface area is 115 Å². The van der Waals surface area contributed by atoms with Gasteiger partial charge in [0.25, 0.3) is 0 Å². The number of rotatable bonds is 6. The Kier molecular flexibility index (Phi) is 9.67. The topological polar surface area (TPSA) is 95.5 Å². The summed E-state index contributed by atoms with van der Waals surface area (Å²) < 4.78 is 31.9. The van der Waals surface area contributed by atoms with Gasteiger partial charge in [-0.2, -0.15) is 0 Å². The lowest BCUT2D eigenvalue weighted by molar-refractivity contribution is -0.887. The van der Waals surface area contributed by atoms with Crippen LogP contribution in [-0.4, -0.2) is 64.2 Å².